The van der Waals surface area contributed by atoms with Crippen molar-refractivity contribution in [2.45, 2.75) is 89.7 Å². The van der Waals surface area contributed by atoms with Crippen molar-refractivity contribution in [2.75, 3.05) is 0 Å². The topological polar surface area (TPSA) is 0 Å². The van der Waals surface area contributed by atoms with Crippen molar-refractivity contribution in [1.82, 2.24) is 0 Å². The fourth-order valence-corrected chi connectivity index (χ4v) is 7.49. The van der Waals surface area contributed by atoms with Crippen LogP contribution in [0.3, 0.4) is 0 Å². The van der Waals surface area contributed by atoms with Gasteiger partial charge in [-0.2, -0.15) is 0 Å². The third kappa shape index (κ3) is 8.43. The summed E-state index contributed by atoms with van der Waals surface area (Å²) in [6.07, 6.45) is 4.63. The molecule has 0 fully saturated rings. The lowest BCUT2D eigenvalue weighted by Gasteiger charge is -2.43. The van der Waals surface area contributed by atoms with Gasteiger partial charge in [-0.15, -0.1) is 46.4 Å². The minimum atomic E-state index is -1.72. The van der Waals surface area contributed by atoms with Gasteiger partial charge in [-0.05, 0) is 47.9 Å². The number of alkyl halides is 12. The Morgan fingerprint density at radius 1 is 0.474 bits per heavy atom. The Morgan fingerprint density at radius 3 is 0.868 bits per heavy atom. The van der Waals surface area contributed by atoms with Gasteiger partial charge in [0, 0.05) is 52.1 Å². The molecule has 1 rings (SSSR count). The third-order valence-corrected chi connectivity index (χ3v) is 19.3. The Balaban J connectivity index is 4.91. The van der Waals surface area contributed by atoms with E-state index >= 15 is 0 Å². The molecule has 0 saturated carbocycles. The zero-order valence-corrected chi connectivity index (χ0v) is 39.2. The second kappa shape index (κ2) is 15.7. The zero-order chi connectivity index (χ0) is 30.0. The average molecular weight is 836 g/mol. The van der Waals surface area contributed by atoms with Gasteiger partial charge in [0.25, 0.3) is 0 Å². The molecular formula is C22H34Cl12Si4. The van der Waals surface area contributed by atoms with E-state index in [-0.39, 0.29) is 11.1 Å². The predicted octanol–water partition coefficient (Wildman–Crippen LogP) is 6.61. The fraction of sp³-hybridized carbons (Fsp3) is 0.727. The molecule has 4 unspecified atom stereocenters. The van der Waals surface area contributed by atoms with E-state index in [1.807, 2.05) is 0 Å². The van der Waals surface area contributed by atoms with E-state index in [1.165, 1.54) is 0 Å². The van der Waals surface area contributed by atoms with Gasteiger partial charge in [-0.3, -0.25) is 0 Å². The molecule has 38 heavy (non-hydrogen) atoms. The van der Waals surface area contributed by atoms with E-state index < -0.39 is 37.3 Å². The van der Waals surface area contributed by atoms with Gasteiger partial charge in [-0.1, -0.05) is 119 Å². The van der Waals surface area contributed by atoms with E-state index in [0.29, 0.717) is 64.9 Å². The number of benzene rings is 1. The van der Waals surface area contributed by atoms with Crippen LogP contribution in [0, 0.1) is 0 Å². The molecule has 0 aliphatic carbocycles. The first-order chi connectivity index (χ1) is 17.2. The molecule has 0 aromatic heterocycles. The first kappa shape index (κ1) is 39.6. The number of hydrogen-bond donors (Lipinski definition) is 0. The Bertz CT molecular complexity index is 874. The Kier molecular flexibility index (Phi) is 16.4. The molecule has 16 heteroatoms. The lowest BCUT2D eigenvalue weighted by atomic mass is 9.78. The van der Waals surface area contributed by atoms with Crippen LogP contribution in [0.25, 0.3) is 0 Å². The van der Waals surface area contributed by atoms with Crippen LogP contribution < -0.4 is 0 Å². The van der Waals surface area contributed by atoms with Crippen LogP contribution in [-0.2, 0) is 30.2 Å². The van der Waals surface area contributed by atoms with Gasteiger partial charge in [-0.25, -0.2) is 0 Å². The lowest BCUT2D eigenvalue weighted by Crippen LogP contribution is -2.41. The monoisotopic (exact) mass is 830 g/mol. The maximum absolute atomic E-state index is 7.16. The summed E-state index contributed by atoms with van der Waals surface area (Å²) in [6.45, 7) is 4.19. The molecule has 0 nitrogen and oxygen atoms in total. The first-order valence-electron chi connectivity index (χ1n) is 12.5. The molecule has 0 radical (unpaired) electrons. The van der Waals surface area contributed by atoms with Crippen LogP contribution in [0.15, 0.2) is 0 Å². The zero-order valence-electron chi connectivity index (χ0n) is 22.1. The summed E-state index contributed by atoms with van der Waals surface area (Å²) in [6, 6.07) is 0. The van der Waals surface area contributed by atoms with E-state index in [9.17, 15) is 0 Å². The van der Waals surface area contributed by atoms with Gasteiger partial charge in [0.05, 0.1) is 20.0 Å². The third-order valence-electron chi connectivity index (χ3n) is 6.61. The Labute approximate surface area is 300 Å². The minimum Gasteiger partial charge on any atom is -0.124 e. The normalized spacial score (nSPS) is 17.2. The van der Waals surface area contributed by atoms with Gasteiger partial charge < -0.3 is 0 Å². The van der Waals surface area contributed by atoms with Crippen molar-refractivity contribution in [3.05, 3.63) is 33.4 Å². The van der Waals surface area contributed by atoms with Gasteiger partial charge >= 0.3 is 0 Å². The Morgan fingerprint density at radius 2 is 0.684 bits per heavy atom. The van der Waals surface area contributed by atoms with Crippen molar-refractivity contribution < 1.29 is 0 Å². The van der Waals surface area contributed by atoms with Gasteiger partial charge in [0.1, 0.15) is 0 Å². The fourth-order valence-electron chi connectivity index (χ4n) is 4.31. The first-order valence-corrected chi connectivity index (χ1v) is 21.9. The summed E-state index contributed by atoms with van der Waals surface area (Å²) >= 11 is 84.1. The lowest BCUT2D eigenvalue weighted by molar-refractivity contribution is 0.699. The smallest absolute Gasteiger partial charge is 0.124 e. The molecule has 0 aliphatic rings. The van der Waals surface area contributed by atoms with Crippen LogP contribution in [0.4, 0.5) is 0 Å². The van der Waals surface area contributed by atoms with E-state index in [4.69, 9.17) is 139 Å². The quantitative estimate of drug-likeness (QED) is 0.146. The van der Waals surface area contributed by atoms with Crippen LogP contribution >= 0.6 is 139 Å². The number of unbranched alkanes of at least 4 members (excludes halogenated alkanes) is 2. The molecule has 1 aromatic rings. The summed E-state index contributed by atoms with van der Waals surface area (Å²) in [7, 11) is 1.72. The van der Waals surface area contributed by atoms with Gasteiger partial charge in [0.2, 0.25) is 0 Å². The molecule has 0 aliphatic heterocycles. The molecule has 0 bridgehead atoms. The van der Waals surface area contributed by atoms with Crippen LogP contribution in [0.2, 0.25) is 0 Å². The Hall–Kier alpha value is 3.57. The SMILES string of the molecule is CCCCc1c(CCCC)c(C(Cl)(Cl)C([SiH3])Cl)c(C(Cl)(Cl)C([SiH3])Cl)c(C(Cl)(Cl)C([SiH3])Cl)c1C(Cl)(Cl)C([SiH3])Cl. The van der Waals surface area contributed by atoms with Crippen molar-refractivity contribution in [2.24, 2.45) is 0 Å². The van der Waals surface area contributed by atoms with E-state index in [1.54, 1.807) is 0 Å². The highest BCUT2D eigenvalue weighted by Crippen LogP contribution is 2.60. The molecule has 0 spiro atoms. The van der Waals surface area contributed by atoms with Crippen molar-refractivity contribution >= 4 is 180 Å². The molecule has 0 saturated heterocycles. The maximum atomic E-state index is 7.16. The molecule has 0 N–H and O–H groups in total. The number of halogens is 12. The summed E-state index contributed by atoms with van der Waals surface area (Å²) in [4.78, 5) is 0. The van der Waals surface area contributed by atoms with Gasteiger partial charge in [0.15, 0.2) is 17.3 Å². The molecule has 4 atom stereocenters. The van der Waals surface area contributed by atoms with Crippen molar-refractivity contribution in [3.63, 3.8) is 0 Å². The average Bonchev–Trinajstić information content (AvgIpc) is 2.79. The largest absolute Gasteiger partial charge is 0.156 e. The highest BCUT2D eigenvalue weighted by Gasteiger charge is 2.53. The summed E-state index contributed by atoms with van der Waals surface area (Å²) in [5.41, 5.74) is 3.15. The van der Waals surface area contributed by atoms with Crippen LogP contribution in [-0.4, -0.2) is 61.0 Å². The summed E-state index contributed by atoms with van der Waals surface area (Å²) < 4.78 is -6.64. The van der Waals surface area contributed by atoms with E-state index in [0.717, 1.165) is 36.8 Å². The molecule has 222 valence electrons. The second-order valence-electron chi connectivity index (χ2n) is 9.62. The van der Waals surface area contributed by atoms with E-state index in [2.05, 4.69) is 13.8 Å². The maximum Gasteiger partial charge on any atom is 0.156 e. The standard InChI is InChI=1S/C22H34Cl12Si4/c1-3-5-7-9-10(8-6-4-2)12(20(29,30)16(24)36)14(22(33,34)18(26)38)13(21(31,32)17(25)37)11(9)19(27,28)15(23)35/h15-18H,3-8H2,1-2,35-38H3. The summed E-state index contributed by atoms with van der Waals surface area (Å²) in [5, 5.41) is -2.68. The summed E-state index contributed by atoms with van der Waals surface area (Å²) in [5.74, 6) is 0. The number of hydrogen-bond acceptors (Lipinski definition) is 0. The van der Waals surface area contributed by atoms with Crippen LogP contribution in [0.1, 0.15) is 72.9 Å². The highest BCUT2D eigenvalue weighted by atomic mass is 35.5. The predicted molar refractivity (Wildman–Crippen MR) is 196 cm³/mol. The second-order valence-corrected chi connectivity index (χ2v) is 25.3. The van der Waals surface area contributed by atoms with Crippen molar-refractivity contribution in [3.8, 4) is 0 Å². The molecular weight excluding hydrogens is 802 g/mol. The molecule has 1 aromatic carbocycles. The molecule has 0 amide bonds. The minimum absolute atomic E-state index is 0.278. The van der Waals surface area contributed by atoms with Crippen LogP contribution in [0.5, 0.6) is 0 Å². The van der Waals surface area contributed by atoms with Crippen molar-refractivity contribution in [1.29, 1.82) is 0 Å². The number of rotatable bonds is 14. The molecule has 0 heterocycles. The highest BCUT2D eigenvalue weighted by molar-refractivity contribution is 6.62.